The molecule has 0 atom stereocenters. The average Bonchev–Trinajstić information content (AvgIpc) is 3.63. The van der Waals surface area contributed by atoms with Crippen LogP contribution in [-0.2, 0) is 22.5 Å². The molecule has 11 heteroatoms. The van der Waals surface area contributed by atoms with Crippen LogP contribution in [0.15, 0.2) is 42.9 Å². The lowest BCUT2D eigenvalue weighted by Gasteiger charge is -2.13. The first-order chi connectivity index (χ1) is 18.2. The molecule has 0 bridgehead atoms. The predicted molar refractivity (Wildman–Crippen MR) is 148 cm³/mol. The van der Waals surface area contributed by atoms with E-state index < -0.39 is 0 Å². The zero-order valence-corrected chi connectivity index (χ0v) is 22.0. The number of pyridine rings is 1. The third-order valence-electron chi connectivity index (χ3n) is 6.40. The summed E-state index contributed by atoms with van der Waals surface area (Å²) in [5, 5.41) is 16.0. The molecule has 1 aliphatic rings. The summed E-state index contributed by atoms with van der Waals surface area (Å²) in [7, 11) is 1.67. The minimum absolute atomic E-state index is 0.00428. The Morgan fingerprint density at radius 3 is 3.03 bits per heavy atom. The van der Waals surface area contributed by atoms with Gasteiger partial charge in [0.2, 0.25) is 5.91 Å². The summed E-state index contributed by atoms with van der Waals surface area (Å²) in [6, 6.07) is 10.4. The van der Waals surface area contributed by atoms with Crippen LogP contribution < -0.4 is 16.0 Å². The summed E-state index contributed by atoms with van der Waals surface area (Å²) in [6.45, 7) is 3.72. The molecule has 3 N–H and O–H groups in total. The molecule has 190 valence electrons. The van der Waals surface area contributed by atoms with Gasteiger partial charge < -0.3 is 20.7 Å². The summed E-state index contributed by atoms with van der Waals surface area (Å²) in [5.41, 5.74) is 6.28. The van der Waals surface area contributed by atoms with Crippen LogP contribution in [0.4, 0.5) is 5.00 Å². The number of carbonyl (C=O) groups is 1. The van der Waals surface area contributed by atoms with Crippen molar-refractivity contribution in [3.05, 3.63) is 53.3 Å². The number of nitrogens with zero attached hydrogens (tertiary/aromatic N) is 4. The van der Waals surface area contributed by atoms with Gasteiger partial charge in [-0.3, -0.25) is 4.79 Å². The third kappa shape index (κ3) is 5.00. The largest absolute Gasteiger partial charge is 0.383 e. The highest BCUT2D eigenvalue weighted by molar-refractivity contribution is 7.23. The van der Waals surface area contributed by atoms with Gasteiger partial charge in [-0.2, -0.15) is 5.10 Å². The average molecular weight is 534 g/mol. The SMILES string of the molecule is COCCNCCC(=O)Nc1sc2c(c1-c1nc3cc(-c4ccc5ncnn5c4)ccc3s1)CCNC2. The molecule has 6 rings (SSSR count). The van der Waals surface area contributed by atoms with Gasteiger partial charge in [0.25, 0.3) is 0 Å². The number of aromatic nitrogens is 4. The molecule has 1 aliphatic heterocycles. The Bertz CT molecular complexity index is 1570. The van der Waals surface area contributed by atoms with Crippen LogP contribution in [0.25, 0.3) is 37.6 Å². The van der Waals surface area contributed by atoms with E-state index in [-0.39, 0.29) is 5.91 Å². The Labute approximate surface area is 221 Å². The fourth-order valence-corrected chi connectivity index (χ4v) is 6.87. The van der Waals surface area contributed by atoms with Gasteiger partial charge in [-0.15, -0.1) is 22.7 Å². The number of amides is 1. The van der Waals surface area contributed by atoms with Crippen LogP contribution in [-0.4, -0.2) is 58.8 Å². The number of hydrogen-bond acceptors (Lipinski definition) is 9. The Morgan fingerprint density at radius 1 is 1.19 bits per heavy atom. The Kier molecular flexibility index (Phi) is 6.94. The lowest BCUT2D eigenvalue weighted by molar-refractivity contribution is -0.116. The second-order valence-corrected chi connectivity index (χ2v) is 11.0. The van der Waals surface area contributed by atoms with Crippen molar-refractivity contribution in [2.45, 2.75) is 19.4 Å². The molecule has 0 spiro atoms. The minimum atomic E-state index is 0.00428. The summed E-state index contributed by atoms with van der Waals surface area (Å²) < 4.78 is 7.94. The number of thiophene rings is 1. The smallest absolute Gasteiger partial charge is 0.226 e. The third-order valence-corrected chi connectivity index (χ3v) is 8.60. The van der Waals surface area contributed by atoms with Crippen molar-refractivity contribution in [2.24, 2.45) is 0 Å². The van der Waals surface area contributed by atoms with Crippen molar-refractivity contribution < 1.29 is 9.53 Å². The van der Waals surface area contributed by atoms with Crippen molar-refractivity contribution in [3.63, 3.8) is 0 Å². The fraction of sp³-hybridized carbons (Fsp3) is 0.308. The van der Waals surface area contributed by atoms with E-state index in [1.807, 2.05) is 12.3 Å². The first-order valence-corrected chi connectivity index (χ1v) is 13.9. The first kappa shape index (κ1) is 24.1. The maximum Gasteiger partial charge on any atom is 0.226 e. The molecule has 0 saturated heterocycles. The molecular formula is C26H27N7O2S2. The highest BCUT2D eigenvalue weighted by Crippen LogP contribution is 2.45. The summed E-state index contributed by atoms with van der Waals surface area (Å²) in [4.78, 5) is 23.3. The Hall–Kier alpha value is -3.22. The molecule has 5 aromatic rings. The predicted octanol–water partition coefficient (Wildman–Crippen LogP) is 3.94. The highest BCUT2D eigenvalue weighted by Gasteiger charge is 2.25. The van der Waals surface area contributed by atoms with Gasteiger partial charge in [0.1, 0.15) is 16.3 Å². The van der Waals surface area contributed by atoms with Gasteiger partial charge in [-0.25, -0.2) is 14.5 Å². The number of carbonyl (C=O) groups excluding carboxylic acids is 1. The zero-order valence-electron chi connectivity index (χ0n) is 20.4. The number of nitrogens with one attached hydrogen (secondary N) is 3. The van der Waals surface area contributed by atoms with Crippen LogP contribution >= 0.6 is 22.7 Å². The second kappa shape index (κ2) is 10.6. The van der Waals surface area contributed by atoms with E-state index >= 15 is 0 Å². The number of anilines is 1. The zero-order chi connectivity index (χ0) is 25.2. The number of ether oxygens (including phenoxy) is 1. The number of methoxy groups -OCH3 is 1. The van der Waals surface area contributed by atoms with Crippen molar-refractivity contribution in [1.82, 2.24) is 30.2 Å². The number of fused-ring (bicyclic) bond motifs is 3. The summed E-state index contributed by atoms with van der Waals surface area (Å²) in [6.07, 6.45) is 4.87. The van der Waals surface area contributed by atoms with Gasteiger partial charge >= 0.3 is 0 Å². The van der Waals surface area contributed by atoms with Gasteiger partial charge in [0.05, 0.1) is 16.8 Å². The van der Waals surface area contributed by atoms with E-state index in [1.54, 1.807) is 40.6 Å². The normalized spacial score (nSPS) is 13.3. The van der Waals surface area contributed by atoms with Crippen molar-refractivity contribution >= 4 is 49.4 Å². The van der Waals surface area contributed by atoms with E-state index in [9.17, 15) is 4.79 Å². The molecular weight excluding hydrogens is 506 g/mol. The Balaban J connectivity index is 1.30. The maximum absolute atomic E-state index is 12.8. The molecule has 5 heterocycles. The maximum atomic E-state index is 12.8. The van der Waals surface area contributed by atoms with Crippen molar-refractivity contribution in [1.29, 1.82) is 0 Å². The van der Waals surface area contributed by atoms with E-state index in [0.29, 0.717) is 19.6 Å². The molecule has 0 saturated carbocycles. The van der Waals surface area contributed by atoms with Gasteiger partial charge in [0, 0.05) is 55.4 Å². The topological polar surface area (TPSA) is 105 Å². The van der Waals surface area contributed by atoms with Crippen LogP contribution in [0.3, 0.4) is 0 Å². The molecule has 1 aromatic carbocycles. The van der Waals surface area contributed by atoms with Crippen molar-refractivity contribution in [2.75, 3.05) is 38.7 Å². The number of hydrogen-bond donors (Lipinski definition) is 3. The van der Waals surface area contributed by atoms with Crippen molar-refractivity contribution in [3.8, 4) is 21.7 Å². The molecule has 0 radical (unpaired) electrons. The quantitative estimate of drug-likeness (QED) is 0.247. The highest BCUT2D eigenvalue weighted by atomic mass is 32.1. The molecule has 4 aromatic heterocycles. The van der Waals surface area contributed by atoms with Crippen LogP contribution in [0.2, 0.25) is 0 Å². The van der Waals surface area contributed by atoms with Crippen LogP contribution in [0, 0.1) is 0 Å². The molecule has 1 amide bonds. The molecule has 0 aliphatic carbocycles. The molecule has 0 fully saturated rings. The van der Waals surface area contributed by atoms with E-state index in [1.165, 1.54) is 10.4 Å². The summed E-state index contributed by atoms with van der Waals surface area (Å²) >= 11 is 3.33. The summed E-state index contributed by atoms with van der Waals surface area (Å²) in [5.74, 6) is 0.00428. The lowest BCUT2D eigenvalue weighted by Crippen LogP contribution is -2.24. The second-order valence-electron chi connectivity index (χ2n) is 8.86. The minimum Gasteiger partial charge on any atom is -0.383 e. The number of rotatable bonds is 9. The molecule has 0 unspecified atom stereocenters. The number of benzene rings is 1. The fourth-order valence-electron chi connectivity index (χ4n) is 4.54. The van der Waals surface area contributed by atoms with Gasteiger partial charge in [-0.1, -0.05) is 6.07 Å². The molecule has 37 heavy (non-hydrogen) atoms. The monoisotopic (exact) mass is 533 g/mol. The van der Waals surface area contributed by atoms with E-state index in [0.717, 1.165) is 68.6 Å². The van der Waals surface area contributed by atoms with Crippen LogP contribution in [0.1, 0.15) is 16.9 Å². The van der Waals surface area contributed by atoms with Gasteiger partial charge in [-0.05, 0) is 48.4 Å². The van der Waals surface area contributed by atoms with E-state index in [2.05, 4.69) is 50.3 Å². The number of thiazole rings is 1. The first-order valence-electron chi connectivity index (χ1n) is 12.2. The Morgan fingerprint density at radius 2 is 2.11 bits per heavy atom. The molecule has 9 nitrogen and oxygen atoms in total. The lowest BCUT2D eigenvalue weighted by atomic mass is 10.0. The standard InChI is InChI=1S/C26H27N7O2S2/c1-35-11-10-27-9-7-23(34)32-26-24(18-6-8-28-13-21(18)37-26)25-31-19-12-16(2-4-20(19)36-25)17-3-5-22-29-15-30-33(22)14-17/h2-5,12,14-15,27-28H,6-11,13H2,1H3,(H,32,34). The van der Waals surface area contributed by atoms with E-state index in [4.69, 9.17) is 9.72 Å². The van der Waals surface area contributed by atoms with Gasteiger partial charge in [0.15, 0.2) is 5.65 Å². The van der Waals surface area contributed by atoms with Crippen LogP contribution in [0.5, 0.6) is 0 Å².